The van der Waals surface area contributed by atoms with Crippen LogP contribution in [-0.4, -0.2) is 26.2 Å². The molecular weight excluding hydrogens is 641 g/mol. The number of rotatable bonds is 12. The van der Waals surface area contributed by atoms with E-state index in [2.05, 4.69) is 108 Å². The van der Waals surface area contributed by atoms with Gasteiger partial charge in [0, 0.05) is 57.7 Å². The van der Waals surface area contributed by atoms with Crippen LogP contribution in [0.5, 0.6) is 0 Å². The number of benzene rings is 2. The van der Waals surface area contributed by atoms with Crippen molar-refractivity contribution in [1.82, 2.24) is 5.32 Å². The Bertz CT molecular complexity index is 703. The Labute approximate surface area is 235 Å². The fraction of sp³-hybridized carbons (Fsp3) is 0.571. The molecule has 0 aromatic heterocycles. The zero-order chi connectivity index (χ0) is 23.0. The molecule has 0 atom stereocenters. The first-order valence-electron chi connectivity index (χ1n) is 12.2. The van der Waals surface area contributed by atoms with E-state index in [-0.39, 0.29) is 44.9 Å². The molecule has 1 radical (unpaired) electrons. The van der Waals surface area contributed by atoms with Crippen LogP contribution in [0.25, 0.3) is 0 Å². The van der Waals surface area contributed by atoms with Gasteiger partial charge >= 0.3 is 0 Å². The van der Waals surface area contributed by atoms with Gasteiger partial charge in [-0.3, -0.25) is 0 Å². The average Bonchev–Trinajstić information content (AvgIpc) is 2.72. The van der Waals surface area contributed by atoms with Gasteiger partial charge < -0.3 is 40.8 Å². The third kappa shape index (κ3) is 10.1. The molecule has 2 rings (SSSR count). The SMILES string of the molecule is CC(C)c1cccc(C(C)C)c1NCCNCCNc1c(C(C)C)cccc1C(C)C.[Cl-].[Cl-].[Ir]. The molecule has 0 aliphatic heterocycles. The molecule has 0 aliphatic carbocycles. The Morgan fingerprint density at radius 3 is 1.00 bits per heavy atom. The molecule has 0 amide bonds. The van der Waals surface area contributed by atoms with Crippen LogP contribution in [0, 0.1) is 0 Å². The van der Waals surface area contributed by atoms with Crippen molar-refractivity contribution in [2.24, 2.45) is 0 Å². The van der Waals surface area contributed by atoms with Crippen LogP contribution in [0.3, 0.4) is 0 Å². The van der Waals surface area contributed by atoms with Crippen molar-refractivity contribution in [3.05, 3.63) is 58.7 Å². The van der Waals surface area contributed by atoms with E-state index < -0.39 is 0 Å². The molecule has 2 aromatic carbocycles. The van der Waals surface area contributed by atoms with Crippen molar-refractivity contribution < 1.29 is 44.9 Å². The fourth-order valence-electron chi connectivity index (χ4n) is 4.19. The number of para-hydroxylation sites is 2. The normalized spacial score (nSPS) is 10.7. The predicted molar refractivity (Wildman–Crippen MR) is 139 cm³/mol. The first-order valence-corrected chi connectivity index (χ1v) is 12.2. The van der Waals surface area contributed by atoms with Crippen molar-refractivity contribution in [1.29, 1.82) is 0 Å². The minimum absolute atomic E-state index is 0. The molecule has 197 valence electrons. The summed E-state index contributed by atoms with van der Waals surface area (Å²) in [5.41, 5.74) is 8.33. The number of hydrogen-bond donors (Lipinski definition) is 3. The molecule has 2 aromatic rings. The average molecular weight is 687 g/mol. The van der Waals surface area contributed by atoms with Gasteiger partial charge in [-0.2, -0.15) is 0 Å². The maximum atomic E-state index is 3.72. The summed E-state index contributed by atoms with van der Waals surface area (Å²) < 4.78 is 0. The standard InChI is InChI=1S/C28H45N3.2ClH.Ir/c1-19(2)23-11-9-12-24(20(3)4)27(23)30-17-15-29-16-18-31-28-25(21(5)6)13-10-14-26(28)22(7)8;;;/h9-14,19-22,29-31H,15-18H2,1-8H3;2*1H;/p-2. The van der Waals surface area contributed by atoms with E-state index in [9.17, 15) is 0 Å². The van der Waals surface area contributed by atoms with Gasteiger partial charge in [0.15, 0.2) is 0 Å². The van der Waals surface area contributed by atoms with Gasteiger partial charge in [0.25, 0.3) is 0 Å². The fourth-order valence-corrected chi connectivity index (χ4v) is 4.19. The first kappa shape index (κ1) is 35.4. The van der Waals surface area contributed by atoms with E-state index in [4.69, 9.17) is 0 Å². The van der Waals surface area contributed by atoms with E-state index in [1.54, 1.807) is 0 Å². The number of anilines is 2. The summed E-state index contributed by atoms with van der Waals surface area (Å²) >= 11 is 0. The van der Waals surface area contributed by atoms with Crippen molar-refractivity contribution in [3.8, 4) is 0 Å². The Kier molecular flexibility index (Phi) is 18.3. The molecule has 34 heavy (non-hydrogen) atoms. The number of hydrogen-bond acceptors (Lipinski definition) is 3. The quantitative estimate of drug-likeness (QED) is 0.295. The molecule has 0 heterocycles. The third-order valence-corrected chi connectivity index (χ3v) is 5.95. The molecule has 0 unspecified atom stereocenters. The second kappa shape index (κ2) is 17.6. The van der Waals surface area contributed by atoms with E-state index in [1.807, 2.05) is 0 Å². The summed E-state index contributed by atoms with van der Waals surface area (Å²) in [7, 11) is 0. The van der Waals surface area contributed by atoms with E-state index in [0.717, 1.165) is 26.2 Å². The Morgan fingerprint density at radius 2 is 0.765 bits per heavy atom. The van der Waals surface area contributed by atoms with Crippen molar-refractivity contribution in [2.45, 2.75) is 79.1 Å². The van der Waals surface area contributed by atoms with Gasteiger partial charge in [-0.1, -0.05) is 91.8 Å². The summed E-state index contributed by atoms with van der Waals surface area (Å²) in [6.07, 6.45) is 0. The Balaban J connectivity index is 0. The summed E-state index contributed by atoms with van der Waals surface area (Å²) in [5.74, 6) is 2.09. The molecular formula is C28H45Cl2IrN3-2. The van der Waals surface area contributed by atoms with Crippen molar-refractivity contribution in [3.63, 3.8) is 0 Å². The van der Waals surface area contributed by atoms with Crippen LogP contribution in [0.4, 0.5) is 11.4 Å². The van der Waals surface area contributed by atoms with Crippen molar-refractivity contribution in [2.75, 3.05) is 36.8 Å². The molecule has 0 spiro atoms. The van der Waals surface area contributed by atoms with Gasteiger partial charge in [-0.05, 0) is 45.9 Å². The zero-order valence-corrected chi connectivity index (χ0v) is 26.1. The largest absolute Gasteiger partial charge is 1.00 e. The first-order chi connectivity index (χ1) is 14.7. The molecule has 0 aliphatic rings. The topological polar surface area (TPSA) is 36.1 Å². The minimum Gasteiger partial charge on any atom is -1.00 e. The maximum absolute atomic E-state index is 3.72. The van der Waals surface area contributed by atoms with Crippen LogP contribution >= 0.6 is 0 Å². The molecule has 0 saturated carbocycles. The second-order valence-corrected chi connectivity index (χ2v) is 9.85. The Hall–Kier alpha value is -0.771. The van der Waals surface area contributed by atoms with Crippen LogP contribution in [0.15, 0.2) is 36.4 Å². The number of nitrogens with one attached hydrogen (secondary N) is 3. The Morgan fingerprint density at radius 1 is 0.500 bits per heavy atom. The molecule has 3 N–H and O–H groups in total. The van der Waals surface area contributed by atoms with Crippen LogP contribution < -0.4 is 40.8 Å². The molecule has 0 fully saturated rings. The summed E-state index contributed by atoms with van der Waals surface area (Å²) in [4.78, 5) is 0. The number of halogens is 2. The van der Waals surface area contributed by atoms with Gasteiger partial charge in [0.1, 0.15) is 0 Å². The van der Waals surface area contributed by atoms with Gasteiger partial charge in [0.2, 0.25) is 0 Å². The third-order valence-electron chi connectivity index (χ3n) is 5.95. The van der Waals surface area contributed by atoms with Gasteiger partial charge in [-0.15, -0.1) is 0 Å². The van der Waals surface area contributed by atoms with Gasteiger partial charge in [0.05, 0.1) is 0 Å². The van der Waals surface area contributed by atoms with Gasteiger partial charge in [-0.25, -0.2) is 0 Å². The second-order valence-electron chi connectivity index (χ2n) is 9.85. The van der Waals surface area contributed by atoms with Crippen molar-refractivity contribution >= 4 is 11.4 Å². The summed E-state index contributed by atoms with van der Waals surface area (Å²) in [6.45, 7) is 22.0. The molecule has 0 bridgehead atoms. The van der Waals surface area contributed by atoms with Crippen LogP contribution in [-0.2, 0) is 20.1 Å². The molecule has 3 nitrogen and oxygen atoms in total. The summed E-state index contributed by atoms with van der Waals surface area (Å²) in [6, 6.07) is 13.4. The monoisotopic (exact) mass is 686 g/mol. The van der Waals surface area contributed by atoms with Crippen LogP contribution in [0.2, 0.25) is 0 Å². The van der Waals surface area contributed by atoms with Crippen LogP contribution in [0.1, 0.15) is 101 Å². The van der Waals surface area contributed by atoms with E-state index in [0.29, 0.717) is 23.7 Å². The minimum atomic E-state index is 0. The summed E-state index contributed by atoms with van der Waals surface area (Å²) in [5, 5.41) is 11.0. The maximum Gasteiger partial charge on any atom is 0.0410 e. The predicted octanol–water partition coefficient (Wildman–Crippen LogP) is 1.30. The van der Waals surface area contributed by atoms with E-state index in [1.165, 1.54) is 33.6 Å². The molecule has 6 heteroatoms. The van der Waals surface area contributed by atoms with E-state index >= 15 is 0 Å². The smallest absolute Gasteiger partial charge is 0.0410 e. The molecule has 0 saturated heterocycles. The zero-order valence-electron chi connectivity index (χ0n) is 22.2.